The SMILES string of the molecule is Cc1cc(C(=O)NCCc2ccccc2F)c(C)n1-c1ccccc1C(F)(F)F. The molecule has 3 nitrogen and oxygen atoms in total. The molecule has 0 fully saturated rings. The number of carbonyl (C=O) groups is 1. The lowest BCUT2D eigenvalue weighted by Crippen LogP contribution is -2.26. The van der Waals surface area contributed by atoms with E-state index in [1.165, 1.54) is 28.8 Å². The average Bonchev–Trinajstić information content (AvgIpc) is 2.97. The largest absolute Gasteiger partial charge is 0.418 e. The maximum Gasteiger partial charge on any atom is 0.418 e. The molecule has 0 saturated carbocycles. The van der Waals surface area contributed by atoms with Crippen molar-refractivity contribution >= 4 is 5.91 Å². The number of hydrogen-bond donors (Lipinski definition) is 1. The third-order valence-corrected chi connectivity index (χ3v) is 4.76. The summed E-state index contributed by atoms with van der Waals surface area (Å²) in [5, 5.41) is 2.71. The van der Waals surface area contributed by atoms with Crippen molar-refractivity contribution in [3.8, 4) is 5.69 Å². The van der Waals surface area contributed by atoms with Gasteiger partial charge in [0.25, 0.3) is 5.91 Å². The van der Waals surface area contributed by atoms with Gasteiger partial charge in [0.15, 0.2) is 0 Å². The van der Waals surface area contributed by atoms with Gasteiger partial charge >= 0.3 is 6.18 Å². The van der Waals surface area contributed by atoms with Crippen LogP contribution in [-0.2, 0) is 12.6 Å². The summed E-state index contributed by atoms with van der Waals surface area (Å²) in [6, 6.07) is 13.1. The van der Waals surface area contributed by atoms with Crippen molar-refractivity contribution in [3.63, 3.8) is 0 Å². The molecule has 0 unspecified atom stereocenters. The monoisotopic (exact) mass is 404 g/mol. The Bertz CT molecular complexity index is 1040. The molecule has 3 rings (SSSR count). The summed E-state index contributed by atoms with van der Waals surface area (Å²) in [6.07, 6.45) is -4.20. The van der Waals surface area contributed by atoms with Gasteiger partial charge in [-0.3, -0.25) is 4.79 Å². The average molecular weight is 404 g/mol. The molecule has 7 heteroatoms. The molecule has 3 aromatic rings. The first-order valence-corrected chi connectivity index (χ1v) is 9.07. The molecule has 0 aliphatic carbocycles. The molecule has 152 valence electrons. The highest BCUT2D eigenvalue weighted by molar-refractivity contribution is 5.96. The number of nitrogens with zero attached hydrogens (tertiary/aromatic N) is 1. The van der Waals surface area contributed by atoms with E-state index in [0.717, 1.165) is 6.07 Å². The minimum Gasteiger partial charge on any atom is -0.352 e. The number of halogens is 4. The normalized spacial score (nSPS) is 11.5. The molecule has 0 atom stereocenters. The molecule has 2 aromatic carbocycles. The highest BCUT2D eigenvalue weighted by Crippen LogP contribution is 2.35. The summed E-state index contributed by atoms with van der Waals surface area (Å²) in [4.78, 5) is 12.6. The van der Waals surface area contributed by atoms with Gasteiger partial charge in [-0.15, -0.1) is 0 Å². The number of aryl methyl sites for hydroxylation is 1. The number of amides is 1. The van der Waals surface area contributed by atoms with Crippen molar-refractivity contribution in [2.75, 3.05) is 6.54 Å². The van der Waals surface area contributed by atoms with Gasteiger partial charge in [0.2, 0.25) is 0 Å². The molecule has 0 bridgehead atoms. The van der Waals surface area contributed by atoms with E-state index in [9.17, 15) is 22.4 Å². The first-order chi connectivity index (χ1) is 13.7. The molecular weight excluding hydrogens is 384 g/mol. The summed E-state index contributed by atoms with van der Waals surface area (Å²) in [5.41, 5.74) is 0.889. The Morgan fingerprint density at radius 1 is 1.03 bits per heavy atom. The van der Waals surface area contributed by atoms with E-state index in [1.54, 1.807) is 38.1 Å². The van der Waals surface area contributed by atoms with Gasteiger partial charge in [-0.25, -0.2) is 4.39 Å². The molecule has 1 amide bonds. The lowest BCUT2D eigenvalue weighted by atomic mass is 10.1. The first kappa shape index (κ1) is 20.6. The summed E-state index contributed by atoms with van der Waals surface area (Å²) < 4.78 is 55.3. The van der Waals surface area contributed by atoms with E-state index in [2.05, 4.69) is 5.32 Å². The van der Waals surface area contributed by atoms with E-state index >= 15 is 0 Å². The van der Waals surface area contributed by atoms with Crippen LogP contribution in [0, 0.1) is 19.7 Å². The number of hydrogen-bond acceptors (Lipinski definition) is 1. The Morgan fingerprint density at radius 2 is 1.69 bits per heavy atom. The summed E-state index contributed by atoms with van der Waals surface area (Å²) >= 11 is 0. The molecule has 0 spiro atoms. The van der Waals surface area contributed by atoms with Crippen LogP contribution in [0.25, 0.3) is 5.69 Å². The van der Waals surface area contributed by atoms with Gasteiger partial charge in [0.05, 0.1) is 16.8 Å². The minimum absolute atomic E-state index is 0.0274. The van der Waals surface area contributed by atoms with Crippen molar-refractivity contribution in [1.82, 2.24) is 9.88 Å². The zero-order chi connectivity index (χ0) is 21.2. The molecule has 29 heavy (non-hydrogen) atoms. The van der Waals surface area contributed by atoms with Crippen molar-refractivity contribution in [1.29, 1.82) is 0 Å². The second-order valence-corrected chi connectivity index (χ2v) is 6.73. The third kappa shape index (κ3) is 4.34. The van der Waals surface area contributed by atoms with Crippen molar-refractivity contribution in [3.05, 3.63) is 88.5 Å². The third-order valence-electron chi connectivity index (χ3n) is 4.76. The predicted octanol–water partition coefficient (Wildman–Crippen LogP) is 5.22. The number of aromatic nitrogens is 1. The molecule has 1 N–H and O–H groups in total. The van der Waals surface area contributed by atoms with E-state index in [1.807, 2.05) is 0 Å². The van der Waals surface area contributed by atoms with Gasteiger partial charge in [-0.1, -0.05) is 30.3 Å². The number of alkyl halides is 3. The highest BCUT2D eigenvalue weighted by atomic mass is 19.4. The Balaban J connectivity index is 1.83. The lowest BCUT2D eigenvalue weighted by Gasteiger charge is -2.16. The smallest absolute Gasteiger partial charge is 0.352 e. The fourth-order valence-corrected chi connectivity index (χ4v) is 3.38. The number of benzene rings is 2. The van der Waals surface area contributed by atoms with Gasteiger partial charge < -0.3 is 9.88 Å². The van der Waals surface area contributed by atoms with E-state index in [-0.39, 0.29) is 23.6 Å². The Labute approximate surface area is 166 Å². The zero-order valence-corrected chi connectivity index (χ0v) is 16.0. The van der Waals surface area contributed by atoms with E-state index < -0.39 is 17.6 Å². The minimum atomic E-state index is -4.51. The van der Waals surface area contributed by atoms with E-state index in [4.69, 9.17) is 0 Å². The topological polar surface area (TPSA) is 34.0 Å². The number of para-hydroxylation sites is 1. The molecule has 1 heterocycles. The van der Waals surface area contributed by atoms with Crippen LogP contribution in [0.4, 0.5) is 17.6 Å². The quantitative estimate of drug-likeness (QED) is 0.581. The van der Waals surface area contributed by atoms with Gasteiger partial charge in [-0.2, -0.15) is 13.2 Å². The second-order valence-electron chi connectivity index (χ2n) is 6.73. The van der Waals surface area contributed by atoms with Gasteiger partial charge in [0.1, 0.15) is 5.82 Å². The van der Waals surface area contributed by atoms with Crippen molar-refractivity contribution in [2.45, 2.75) is 26.4 Å². The summed E-state index contributed by atoms with van der Waals surface area (Å²) in [7, 11) is 0. The van der Waals surface area contributed by atoms with Crippen LogP contribution in [-0.4, -0.2) is 17.0 Å². The van der Waals surface area contributed by atoms with Crippen LogP contribution in [0.15, 0.2) is 54.6 Å². The molecular formula is C22H20F4N2O. The van der Waals surface area contributed by atoms with Crippen molar-refractivity contribution in [2.24, 2.45) is 0 Å². The molecule has 0 radical (unpaired) electrons. The second kappa shape index (κ2) is 8.11. The number of nitrogens with one attached hydrogen (secondary N) is 1. The molecule has 0 aliphatic rings. The molecule has 0 saturated heterocycles. The maximum absolute atomic E-state index is 13.7. The first-order valence-electron chi connectivity index (χ1n) is 9.07. The summed E-state index contributed by atoms with van der Waals surface area (Å²) in [5.74, 6) is -0.756. The predicted molar refractivity (Wildman–Crippen MR) is 103 cm³/mol. The standard InChI is InChI=1S/C22H20F4N2O/c1-14-13-17(21(29)27-12-11-16-7-3-5-9-19(16)23)15(2)28(14)20-10-6-4-8-18(20)22(24,25)26/h3-10,13H,11-12H2,1-2H3,(H,27,29). The van der Waals surface area contributed by atoms with Gasteiger partial charge in [0, 0.05) is 17.9 Å². The molecule has 1 aromatic heterocycles. The van der Waals surface area contributed by atoms with Crippen LogP contribution >= 0.6 is 0 Å². The lowest BCUT2D eigenvalue weighted by molar-refractivity contribution is -0.137. The maximum atomic E-state index is 13.7. The van der Waals surface area contributed by atoms with Crippen molar-refractivity contribution < 1.29 is 22.4 Å². The van der Waals surface area contributed by atoms with Crippen LogP contribution in [0.3, 0.4) is 0 Å². The van der Waals surface area contributed by atoms with E-state index in [0.29, 0.717) is 23.4 Å². The van der Waals surface area contributed by atoms with Crippen LogP contribution in [0.5, 0.6) is 0 Å². The Hall–Kier alpha value is -3.09. The molecule has 0 aliphatic heterocycles. The fraction of sp³-hybridized carbons (Fsp3) is 0.227. The fourth-order valence-electron chi connectivity index (χ4n) is 3.38. The summed E-state index contributed by atoms with van der Waals surface area (Å²) in [6.45, 7) is 3.46. The van der Waals surface area contributed by atoms with Crippen LogP contribution in [0.1, 0.15) is 32.9 Å². The highest BCUT2D eigenvalue weighted by Gasteiger charge is 2.34. The number of carbonyl (C=O) groups excluding carboxylic acids is 1. The number of rotatable bonds is 5. The van der Waals surface area contributed by atoms with Crippen LogP contribution in [0.2, 0.25) is 0 Å². The van der Waals surface area contributed by atoms with Gasteiger partial charge in [-0.05, 0) is 50.1 Å². The Morgan fingerprint density at radius 3 is 2.38 bits per heavy atom. The Kier molecular flexibility index (Phi) is 5.77. The zero-order valence-electron chi connectivity index (χ0n) is 16.0. The van der Waals surface area contributed by atoms with Crippen LogP contribution < -0.4 is 5.32 Å².